The Hall–Kier alpha value is -3.57. The minimum atomic E-state index is -1.18. The van der Waals surface area contributed by atoms with Crippen molar-refractivity contribution in [1.82, 2.24) is 25.5 Å². The summed E-state index contributed by atoms with van der Waals surface area (Å²) in [4.78, 5) is 35.0. The molecule has 2 heterocycles. The molecule has 2 N–H and O–H groups in total. The Morgan fingerprint density at radius 2 is 2.22 bits per heavy atom. The lowest BCUT2D eigenvalue weighted by atomic mass is 10.1. The summed E-state index contributed by atoms with van der Waals surface area (Å²) in [5, 5.41) is 21.9. The van der Waals surface area contributed by atoms with Gasteiger partial charge in [-0.2, -0.15) is 0 Å². The predicted molar refractivity (Wildman–Crippen MR) is 87.1 cm³/mol. The summed E-state index contributed by atoms with van der Waals surface area (Å²) in [6.07, 6.45) is -1.21. The Balaban J connectivity index is 1.79. The number of aromatic nitrogens is 4. The number of carboxylic acids is 1. The minimum Gasteiger partial charge on any atom is -0.480 e. The van der Waals surface area contributed by atoms with Crippen molar-refractivity contribution in [3.05, 3.63) is 24.0 Å². The second kappa shape index (κ2) is 7.35. The molecule has 1 aliphatic heterocycles. The smallest absolute Gasteiger partial charge is 0.414 e. The fourth-order valence-corrected chi connectivity index (χ4v) is 2.58. The first-order valence-electron chi connectivity index (χ1n) is 7.85. The molecule has 142 valence electrons. The van der Waals surface area contributed by atoms with Crippen LogP contribution >= 0.6 is 0 Å². The molecule has 1 saturated heterocycles. The number of aliphatic carboxylic acids is 1. The number of anilines is 1. The van der Waals surface area contributed by atoms with E-state index < -0.39 is 30.5 Å². The van der Waals surface area contributed by atoms with Crippen LogP contribution in [-0.4, -0.2) is 62.5 Å². The molecule has 11 nitrogen and oxygen atoms in total. The quantitative estimate of drug-likeness (QED) is 0.717. The lowest BCUT2D eigenvalue weighted by molar-refractivity contribution is -0.137. The monoisotopic (exact) mass is 378 g/mol. The molecule has 2 amide bonds. The van der Waals surface area contributed by atoms with Crippen LogP contribution < -0.4 is 10.2 Å². The highest BCUT2D eigenvalue weighted by Crippen LogP contribution is 2.27. The Kier molecular flexibility index (Phi) is 4.96. The normalized spacial score (nSPS) is 16.3. The third-order valence-electron chi connectivity index (χ3n) is 3.77. The number of carbonyl (C=O) groups is 3. The number of nitrogens with zero attached hydrogens (tertiary/aromatic N) is 5. The Labute approximate surface area is 151 Å². The zero-order chi connectivity index (χ0) is 19.6. The van der Waals surface area contributed by atoms with Gasteiger partial charge < -0.3 is 15.2 Å². The molecular weight excluding hydrogens is 363 g/mol. The van der Waals surface area contributed by atoms with Crippen LogP contribution in [0.3, 0.4) is 0 Å². The maximum absolute atomic E-state index is 14.6. The fourth-order valence-electron chi connectivity index (χ4n) is 2.58. The van der Waals surface area contributed by atoms with Crippen molar-refractivity contribution in [2.75, 3.05) is 18.0 Å². The van der Waals surface area contributed by atoms with Crippen LogP contribution in [0.2, 0.25) is 0 Å². The number of carbonyl (C=O) groups excluding carboxylic acids is 2. The van der Waals surface area contributed by atoms with Gasteiger partial charge in [0, 0.05) is 6.92 Å². The second-order valence-corrected chi connectivity index (χ2v) is 5.77. The van der Waals surface area contributed by atoms with Gasteiger partial charge in [-0.1, -0.05) is 0 Å². The number of amides is 2. The predicted octanol–water partition coefficient (Wildman–Crippen LogP) is 0.0251. The number of carboxylic acid groups (broad SMARTS) is 1. The van der Waals surface area contributed by atoms with E-state index in [1.807, 2.05) is 0 Å². The van der Waals surface area contributed by atoms with Crippen LogP contribution in [0.25, 0.3) is 11.4 Å². The molecule has 12 heteroatoms. The third kappa shape index (κ3) is 3.99. The molecule has 0 spiro atoms. The first-order valence-corrected chi connectivity index (χ1v) is 7.85. The number of tetrazole rings is 1. The summed E-state index contributed by atoms with van der Waals surface area (Å²) >= 11 is 0. The molecular formula is C15H15FN6O5. The number of hydrogen-bond donors (Lipinski definition) is 2. The molecule has 1 aliphatic rings. The van der Waals surface area contributed by atoms with Gasteiger partial charge in [0.05, 0.1) is 24.3 Å². The zero-order valence-electron chi connectivity index (χ0n) is 14.1. The molecule has 0 unspecified atom stereocenters. The average Bonchev–Trinajstić information content (AvgIpc) is 3.19. The van der Waals surface area contributed by atoms with Crippen LogP contribution in [0.4, 0.5) is 14.9 Å². The van der Waals surface area contributed by atoms with Gasteiger partial charge in [0.2, 0.25) is 5.91 Å². The van der Waals surface area contributed by atoms with E-state index in [9.17, 15) is 18.8 Å². The van der Waals surface area contributed by atoms with Crippen LogP contribution in [0.5, 0.6) is 0 Å². The number of hydrogen-bond acceptors (Lipinski definition) is 7. The minimum absolute atomic E-state index is 0.00707. The number of rotatable bonds is 6. The van der Waals surface area contributed by atoms with E-state index in [4.69, 9.17) is 9.84 Å². The number of nitrogens with one attached hydrogen (secondary N) is 1. The molecule has 1 atom stereocenters. The number of ether oxygens (including phenoxy) is 1. The SMILES string of the molecule is CC(=O)NC[C@H]1CN(c2ccc(-c3nnnn3CC(=O)O)c(F)c2)C(=O)O1. The van der Waals surface area contributed by atoms with Gasteiger partial charge in [0.25, 0.3) is 0 Å². The number of halogens is 1. The van der Waals surface area contributed by atoms with Crippen molar-refractivity contribution in [1.29, 1.82) is 0 Å². The summed E-state index contributed by atoms with van der Waals surface area (Å²) in [7, 11) is 0. The zero-order valence-corrected chi connectivity index (χ0v) is 14.1. The Bertz CT molecular complexity index is 901. The van der Waals surface area contributed by atoms with Gasteiger partial charge in [-0.25, -0.2) is 13.9 Å². The van der Waals surface area contributed by atoms with Gasteiger partial charge in [0.15, 0.2) is 5.82 Å². The highest BCUT2D eigenvalue weighted by atomic mass is 19.1. The summed E-state index contributed by atoms with van der Waals surface area (Å²) < 4.78 is 20.7. The van der Waals surface area contributed by atoms with Gasteiger partial charge in [-0.3, -0.25) is 14.5 Å². The standard InChI is InChI=1S/C15H15FN6O5/c1-8(23)17-5-10-6-21(15(26)27-10)9-2-3-11(12(16)4-9)14-18-19-20-22(14)7-13(24)25/h2-4,10H,5-7H2,1H3,(H,17,23)(H,24,25)/t10-/m0/s1. The van der Waals surface area contributed by atoms with Gasteiger partial charge in [-0.15, -0.1) is 5.10 Å². The molecule has 3 rings (SSSR count). The Morgan fingerprint density at radius 1 is 1.44 bits per heavy atom. The first-order chi connectivity index (χ1) is 12.8. The highest BCUT2D eigenvalue weighted by Gasteiger charge is 2.33. The van der Waals surface area contributed by atoms with E-state index in [1.54, 1.807) is 0 Å². The first kappa shape index (κ1) is 18.2. The van der Waals surface area contributed by atoms with Crippen molar-refractivity contribution in [2.24, 2.45) is 0 Å². The molecule has 2 aromatic rings. The van der Waals surface area contributed by atoms with Gasteiger partial charge >= 0.3 is 12.1 Å². The van der Waals surface area contributed by atoms with E-state index in [0.29, 0.717) is 0 Å². The van der Waals surface area contributed by atoms with Crippen molar-refractivity contribution >= 4 is 23.7 Å². The second-order valence-electron chi connectivity index (χ2n) is 5.77. The molecule has 0 radical (unpaired) electrons. The molecule has 0 bridgehead atoms. The lowest BCUT2D eigenvalue weighted by Gasteiger charge is -2.14. The highest BCUT2D eigenvalue weighted by molar-refractivity contribution is 5.90. The van der Waals surface area contributed by atoms with Gasteiger partial charge in [0.1, 0.15) is 18.5 Å². The number of cyclic esters (lactones) is 1. The van der Waals surface area contributed by atoms with Gasteiger partial charge in [-0.05, 0) is 28.6 Å². The summed E-state index contributed by atoms with van der Waals surface area (Å²) in [5.41, 5.74) is 0.246. The van der Waals surface area contributed by atoms with E-state index >= 15 is 0 Å². The maximum atomic E-state index is 14.6. The molecule has 1 aromatic heterocycles. The van der Waals surface area contributed by atoms with Crippen LogP contribution in [0.15, 0.2) is 18.2 Å². The van der Waals surface area contributed by atoms with Crippen LogP contribution in [0, 0.1) is 5.82 Å². The topological polar surface area (TPSA) is 140 Å². The Morgan fingerprint density at radius 3 is 2.89 bits per heavy atom. The summed E-state index contributed by atoms with van der Waals surface area (Å²) in [5.74, 6) is -2.20. The number of benzene rings is 1. The van der Waals surface area contributed by atoms with Crippen molar-refractivity contribution < 1.29 is 28.6 Å². The molecule has 27 heavy (non-hydrogen) atoms. The van der Waals surface area contributed by atoms with Crippen molar-refractivity contribution in [3.63, 3.8) is 0 Å². The third-order valence-corrected chi connectivity index (χ3v) is 3.77. The van der Waals surface area contributed by atoms with E-state index in [-0.39, 0.29) is 36.1 Å². The molecule has 1 fully saturated rings. The maximum Gasteiger partial charge on any atom is 0.414 e. The van der Waals surface area contributed by atoms with Crippen molar-refractivity contribution in [2.45, 2.75) is 19.6 Å². The van der Waals surface area contributed by atoms with Crippen LogP contribution in [-0.2, 0) is 20.9 Å². The molecule has 0 saturated carbocycles. The average molecular weight is 378 g/mol. The van der Waals surface area contributed by atoms with Crippen LogP contribution in [0.1, 0.15) is 6.92 Å². The largest absolute Gasteiger partial charge is 0.480 e. The molecule has 0 aliphatic carbocycles. The molecule has 1 aromatic carbocycles. The van der Waals surface area contributed by atoms with E-state index in [2.05, 4.69) is 20.8 Å². The van der Waals surface area contributed by atoms with E-state index in [1.165, 1.54) is 24.0 Å². The summed E-state index contributed by atoms with van der Waals surface area (Å²) in [6, 6.07) is 3.93. The fraction of sp³-hybridized carbons (Fsp3) is 0.333. The van der Waals surface area contributed by atoms with Crippen molar-refractivity contribution in [3.8, 4) is 11.4 Å². The lowest BCUT2D eigenvalue weighted by Crippen LogP contribution is -2.33. The summed E-state index contributed by atoms with van der Waals surface area (Å²) in [6.45, 7) is 1.13. The van der Waals surface area contributed by atoms with E-state index in [0.717, 1.165) is 10.7 Å².